The van der Waals surface area contributed by atoms with E-state index in [1.54, 1.807) is 12.1 Å². The van der Waals surface area contributed by atoms with Gasteiger partial charge in [0.2, 0.25) is 10.0 Å². The summed E-state index contributed by atoms with van der Waals surface area (Å²) in [4.78, 5) is 2.40. The Balaban J connectivity index is 1.73. The summed E-state index contributed by atoms with van der Waals surface area (Å²) in [5.41, 5.74) is 3.37. The molecule has 3 aromatic carbocycles. The molecule has 0 spiro atoms. The maximum Gasteiger partial charge on any atom is 0.238 e. The quantitative estimate of drug-likeness (QED) is 0.798. The maximum atomic E-state index is 11.6. The third-order valence-corrected chi connectivity index (χ3v) is 5.53. The molecule has 0 aliphatic carbocycles. The fourth-order valence-electron chi connectivity index (χ4n) is 3.40. The van der Waals surface area contributed by atoms with E-state index in [1.165, 1.54) is 21.9 Å². The molecule has 1 heterocycles. The average molecular weight is 338 g/mol. The van der Waals surface area contributed by atoms with Crippen molar-refractivity contribution in [2.24, 2.45) is 5.14 Å². The van der Waals surface area contributed by atoms with Gasteiger partial charge in [-0.3, -0.25) is 0 Å². The molecule has 0 saturated carbocycles. The van der Waals surface area contributed by atoms with E-state index < -0.39 is 10.0 Å². The highest BCUT2D eigenvalue weighted by molar-refractivity contribution is 7.89. The minimum absolute atomic E-state index is 0.172. The number of hydrogen-bond acceptors (Lipinski definition) is 3. The number of hydrogen-bond donors (Lipinski definition) is 1. The summed E-state index contributed by atoms with van der Waals surface area (Å²) in [5.74, 6) is 0. The number of fused-ring (bicyclic) bond motifs is 2. The molecule has 122 valence electrons. The molecule has 0 radical (unpaired) electrons. The molecule has 2 N–H and O–H groups in total. The van der Waals surface area contributed by atoms with E-state index in [0.29, 0.717) is 0 Å². The van der Waals surface area contributed by atoms with E-state index in [0.717, 1.165) is 25.2 Å². The second kappa shape index (κ2) is 5.61. The summed E-state index contributed by atoms with van der Waals surface area (Å²) >= 11 is 0. The number of sulfonamides is 1. The van der Waals surface area contributed by atoms with E-state index in [9.17, 15) is 8.42 Å². The molecular formula is C19H18N2O2S. The largest absolute Gasteiger partial charge is 0.367 e. The van der Waals surface area contributed by atoms with Crippen LogP contribution in [0.5, 0.6) is 0 Å². The molecule has 1 aliphatic rings. The van der Waals surface area contributed by atoms with Gasteiger partial charge >= 0.3 is 0 Å². The van der Waals surface area contributed by atoms with E-state index in [4.69, 9.17) is 5.14 Å². The van der Waals surface area contributed by atoms with E-state index in [-0.39, 0.29) is 4.90 Å². The molecule has 0 atom stereocenters. The molecular weight excluding hydrogens is 320 g/mol. The maximum absolute atomic E-state index is 11.6. The second-order valence-corrected chi connectivity index (χ2v) is 7.71. The lowest BCUT2D eigenvalue weighted by Crippen LogP contribution is -2.20. The average Bonchev–Trinajstić information content (AvgIpc) is 2.97. The Morgan fingerprint density at radius 3 is 2.62 bits per heavy atom. The van der Waals surface area contributed by atoms with E-state index in [2.05, 4.69) is 35.2 Å². The van der Waals surface area contributed by atoms with Crippen molar-refractivity contribution in [1.29, 1.82) is 0 Å². The van der Waals surface area contributed by atoms with Gasteiger partial charge in [-0.2, -0.15) is 0 Å². The van der Waals surface area contributed by atoms with Gasteiger partial charge < -0.3 is 4.90 Å². The third-order valence-electron chi connectivity index (χ3n) is 4.62. The SMILES string of the molecule is NS(=O)(=O)c1ccc2c(c1)N(Cc1cccc3ccccc13)CC2. The molecule has 5 heteroatoms. The summed E-state index contributed by atoms with van der Waals surface area (Å²) in [5, 5.41) is 7.72. The van der Waals surface area contributed by atoms with Gasteiger partial charge in [0.1, 0.15) is 0 Å². The van der Waals surface area contributed by atoms with Gasteiger partial charge in [-0.15, -0.1) is 0 Å². The van der Waals surface area contributed by atoms with Gasteiger partial charge in [0.05, 0.1) is 4.90 Å². The zero-order valence-corrected chi connectivity index (χ0v) is 14.0. The van der Waals surface area contributed by atoms with Crippen LogP contribution in [0, 0.1) is 0 Å². The summed E-state index contributed by atoms with van der Waals surface area (Å²) in [6, 6.07) is 19.8. The zero-order chi connectivity index (χ0) is 16.7. The highest BCUT2D eigenvalue weighted by Crippen LogP contribution is 2.32. The lowest BCUT2D eigenvalue weighted by molar-refractivity contribution is 0.598. The van der Waals surface area contributed by atoms with Crippen molar-refractivity contribution in [2.45, 2.75) is 17.9 Å². The lowest BCUT2D eigenvalue weighted by atomic mass is 10.0. The van der Waals surface area contributed by atoms with Gasteiger partial charge in [0, 0.05) is 18.8 Å². The smallest absolute Gasteiger partial charge is 0.238 e. The molecule has 0 amide bonds. The second-order valence-electron chi connectivity index (χ2n) is 6.15. The zero-order valence-electron chi connectivity index (χ0n) is 13.1. The van der Waals surface area contributed by atoms with Crippen LogP contribution in [0.3, 0.4) is 0 Å². The van der Waals surface area contributed by atoms with Crippen LogP contribution in [0.1, 0.15) is 11.1 Å². The van der Waals surface area contributed by atoms with Crippen LogP contribution in [0.15, 0.2) is 65.6 Å². The van der Waals surface area contributed by atoms with Crippen LogP contribution in [0.25, 0.3) is 10.8 Å². The number of primary sulfonamides is 1. The fraction of sp³-hybridized carbons (Fsp3) is 0.158. The fourth-order valence-corrected chi connectivity index (χ4v) is 3.94. The first kappa shape index (κ1) is 15.2. The molecule has 0 aromatic heterocycles. The van der Waals surface area contributed by atoms with E-state index in [1.807, 2.05) is 18.2 Å². The summed E-state index contributed by atoms with van der Waals surface area (Å²) in [6.45, 7) is 1.63. The Morgan fingerprint density at radius 1 is 1.00 bits per heavy atom. The van der Waals surface area contributed by atoms with Crippen LogP contribution in [0.2, 0.25) is 0 Å². The van der Waals surface area contributed by atoms with Crippen molar-refractivity contribution >= 4 is 26.5 Å². The first-order chi connectivity index (χ1) is 11.5. The Kier molecular flexibility index (Phi) is 3.55. The van der Waals surface area contributed by atoms with Crippen LogP contribution < -0.4 is 10.0 Å². The van der Waals surface area contributed by atoms with Gasteiger partial charge in [-0.25, -0.2) is 13.6 Å². The molecule has 0 bridgehead atoms. The van der Waals surface area contributed by atoms with Crippen molar-refractivity contribution in [1.82, 2.24) is 0 Å². The first-order valence-electron chi connectivity index (χ1n) is 7.90. The van der Waals surface area contributed by atoms with Crippen molar-refractivity contribution in [2.75, 3.05) is 11.4 Å². The number of anilines is 1. The van der Waals surface area contributed by atoms with Gasteiger partial charge in [-0.1, -0.05) is 48.5 Å². The lowest BCUT2D eigenvalue weighted by Gasteiger charge is -2.21. The van der Waals surface area contributed by atoms with Gasteiger partial charge in [-0.05, 0) is 40.5 Å². The molecule has 24 heavy (non-hydrogen) atoms. The number of benzene rings is 3. The predicted octanol–water partition coefficient (Wildman–Crippen LogP) is 3.05. The van der Waals surface area contributed by atoms with Crippen LogP contribution in [0.4, 0.5) is 5.69 Å². The summed E-state index contributed by atoms with van der Waals surface area (Å²) in [7, 11) is -3.68. The van der Waals surface area contributed by atoms with Gasteiger partial charge in [0.25, 0.3) is 0 Å². The Morgan fingerprint density at radius 2 is 1.79 bits per heavy atom. The van der Waals surface area contributed by atoms with Crippen LogP contribution in [-0.4, -0.2) is 15.0 Å². The summed E-state index contributed by atoms with van der Waals surface area (Å²) < 4.78 is 23.3. The molecule has 1 aliphatic heterocycles. The normalized spacial score (nSPS) is 14.1. The van der Waals surface area contributed by atoms with Crippen molar-refractivity contribution < 1.29 is 8.42 Å². The van der Waals surface area contributed by atoms with E-state index >= 15 is 0 Å². The first-order valence-corrected chi connectivity index (χ1v) is 9.44. The monoisotopic (exact) mass is 338 g/mol. The summed E-state index contributed by atoms with van der Waals surface area (Å²) in [6.07, 6.45) is 0.922. The Bertz CT molecular complexity index is 1020. The predicted molar refractivity (Wildman–Crippen MR) is 96.5 cm³/mol. The molecule has 4 nitrogen and oxygen atoms in total. The minimum atomic E-state index is -3.68. The molecule has 0 saturated heterocycles. The Hall–Kier alpha value is -2.37. The van der Waals surface area contributed by atoms with Crippen molar-refractivity contribution in [3.63, 3.8) is 0 Å². The van der Waals surface area contributed by atoms with Crippen LogP contribution in [-0.2, 0) is 23.0 Å². The molecule has 0 fully saturated rings. The topological polar surface area (TPSA) is 63.4 Å². The van der Waals surface area contributed by atoms with Gasteiger partial charge in [0.15, 0.2) is 0 Å². The number of rotatable bonds is 3. The van der Waals surface area contributed by atoms with Crippen molar-refractivity contribution in [3.8, 4) is 0 Å². The minimum Gasteiger partial charge on any atom is -0.367 e. The molecule has 3 aromatic rings. The highest BCUT2D eigenvalue weighted by atomic mass is 32.2. The third kappa shape index (κ3) is 2.66. The van der Waals surface area contributed by atoms with Crippen LogP contribution >= 0.6 is 0 Å². The number of nitrogens with zero attached hydrogens (tertiary/aromatic N) is 1. The Labute approximate surface area is 141 Å². The molecule has 0 unspecified atom stereocenters. The van der Waals surface area contributed by atoms with Crippen molar-refractivity contribution in [3.05, 3.63) is 71.8 Å². The molecule has 4 rings (SSSR count). The standard InChI is InChI=1S/C19H18N2O2S/c20-24(22,23)17-9-8-15-10-11-21(19(15)12-17)13-16-6-3-5-14-4-1-2-7-18(14)16/h1-9,12H,10-11,13H2,(H2,20,22,23). The highest BCUT2D eigenvalue weighted by Gasteiger charge is 2.22. The number of nitrogens with two attached hydrogens (primary N) is 1.